The number of nitrogens with zero attached hydrogens (tertiary/aromatic N) is 1. The van der Waals surface area contributed by atoms with Crippen LogP contribution in [-0.2, 0) is 14.4 Å². The second-order valence-electron chi connectivity index (χ2n) is 6.56. The topological polar surface area (TPSA) is 75.7 Å². The molecule has 0 spiro atoms. The van der Waals surface area contributed by atoms with Gasteiger partial charge in [0.25, 0.3) is 0 Å². The molecule has 1 aliphatic carbocycles. The standard InChI is InChI=1S/C18H21ClN2O4/c1-10(16(22)20-11-7-8-15(25-2)14(19)9-11)21-17(23)12-5-3-4-6-13(12)18(21)24/h7-10,12-13H,3-6H2,1-2H3,(H,20,22). The SMILES string of the molecule is COc1ccc(NC(=O)C(C)N2C(=O)C3CCCCC3C2=O)cc1Cl. The van der Waals surface area contributed by atoms with Crippen LogP contribution in [0.1, 0.15) is 32.6 Å². The summed E-state index contributed by atoms with van der Waals surface area (Å²) in [5.74, 6) is -0.864. The third kappa shape index (κ3) is 3.23. The van der Waals surface area contributed by atoms with Crippen molar-refractivity contribution in [3.05, 3.63) is 23.2 Å². The van der Waals surface area contributed by atoms with Crippen LogP contribution in [0.2, 0.25) is 5.02 Å². The maximum atomic E-state index is 12.6. The van der Waals surface area contributed by atoms with Gasteiger partial charge in [-0.15, -0.1) is 0 Å². The summed E-state index contributed by atoms with van der Waals surface area (Å²) in [4.78, 5) is 38.8. The second-order valence-corrected chi connectivity index (χ2v) is 6.97. The van der Waals surface area contributed by atoms with E-state index in [0.717, 1.165) is 30.6 Å². The van der Waals surface area contributed by atoms with Gasteiger partial charge in [-0.1, -0.05) is 24.4 Å². The van der Waals surface area contributed by atoms with Crippen LogP contribution in [0.25, 0.3) is 0 Å². The predicted molar refractivity (Wildman–Crippen MR) is 93.4 cm³/mol. The third-order valence-electron chi connectivity index (χ3n) is 5.06. The number of halogens is 1. The summed E-state index contributed by atoms with van der Waals surface area (Å²) >= 11 is 6.05. The number of rotatable bonds is 4. The highest BCUT2D eigenvalue weighted by Gasteiger charge is 2.50. The molecule has 25 heavy (non-hydrogen) atoms. The Morgan fingerprint density at radius 3 is 2.36 bits per heavy atom. The number of fused-ring (bicyclic) bond motifs is 1. The number of ether oxygens (including phenoxy) is 1. The normalized spacial score (nSPS) is 24.0. The number of benzene rings is 1. The molecule has 3 unspecified atom stereocenters. The number of hydrogen-bond donors (Lipinski definition) is 1. The first kappa shape index (κ1) is 17.7. The predicted octanol–water partition coefficient (Wildman–Crippen LogP) is 2.85. The number of imide groups is 1. The number of likely N-dealkylation sites (tertiary alicyclic amines) is 1. The van der Waals surface area contributed by atoms with Gasteiger partial charge in [-0.05, 0) is 38.0 Å². The molecule has 1 aromatic carbocycles. The van der Waals surface area contributed by atoms with Crippen molar-refractivity contribution >= 4 is 35.0 Å². The third-order valence-corrected chi connectivity index (χ3v) is 5.36. The molecule has 7 heteroatoms. The van der Waals surface area contributed by atoms with Gasteiger partial charge in [0, 0.05) is 5.69 Å². The lowest BCUT2D eigenvalue weighted by atomic mass is 9.81. The van der Waals surface area contributed by atoms with E-state index < -0.39 is 11.9 Å². The summed E-state index contributed by atoms with van der Waals surface area (Å²) in [5, 5.41) is 3.08. The fourth-order valence-corrected chi connectivity index (χ4v) is 3.94. The van der Waals surface area contributed by atoms with Crippen molar-refractivity contribution in [1.82, 2.24) is 4.90 Å². The summed E-state index contributed by atoms with van der Waals surface area (Å²) in [7, 11) is 1.51. The maximum absolute atomic E-state index is 12.6. The van der Waals surface area contributed by atoms with Crippen LogP contribution in [0.3, 0.4) is 0 Å². The van der Waals surface area contributed by atoms with Gasteiger partial charge in [-0.2, -0.15) is 0 Å². The van der Waals surface area contributed by atoms with Crippen LogP contribution < -0.4 is 10.1 Å². The fraction of sp³-hybridized carbons (Fsp3) is 0.500. The summed E-state index contributed by atoms with van der Waals surface area (Å²) in [6.07, 6.45) is 3.38. The zero-order valence-corrected chi connectivity index (χ0v) is 15.0. The number of carbonyl (C=O) groups excluding carboxylic acids is 3. The highest BCUT2D eigenvalue weighted by Crippen LogP contribution is 2.39. The number of amides is 3. The monoisotopic (exact) mass is 364 g/mol. The van der Waals surface area contributed by atoms with Gasteiger partial charge in [-0.3, -0.25) is 19.3 Å². The van der Waals surface area contributed by atoms with E-state index in [4.69, 9.17) is 16.3 Å². The minimum Gasteiger partial charge on any atom is -0.495 e. The van der Waals surface area contributed by atoms with Gasteiger partial charge < -0.3 is 10.1 Å². The molecule has 3 rings (SSSR count). The lowest BCUT2D eigenvalue weighted by Gasteiger charge is -2.22. The molecule has 134 valence electrons. The van der Waals surface area contributed by atoms with Crippen molar-refractivity contribution in [1.29, 1.82) is 0 Å². The second kappa shape index (κ2) is 7.04. The van der Waals surface area contributed by atoms with Crippen molar-refractivity contribution in [3.63, 3.8) is 0 Å². The molecule has 2 aliphatic rings. The molecule has 3 atom stereocenters. The first-order valence-corrected chi connectivity index (χ1v) is 8.83. The number of carbonyl (C=O) groups is 3. The molecule has 6 nitrogen and oxygen atoms in total. The molecule has 1 saturated heterocycles. The van der Waals surface area contributed by atoms with Gasteiger partial charge in [0.15, 0.2) is 0 Å². The Kier molecular flexibility index (Phi) is 4.99. The molecule has 0 bridgehead atoms. The van der Waals surface area contributed by atoms with Crippen molar-refractivity contribution in [2.75, 3.05) is 12.4 Å². The highest BCUT2D eigenvalue weighted by molar-refractivity contribution is 6.32. The fourth-order valence-electron chi connectivity index (χ4n) is 3.68. The summed E-state index contributed by atoms with van der Waals surface area (Å²) < 4.78 is 5.07. The van der Waals surface area contributed by atoms with Gasteiger partial charge in [-0.25, -0.2) is 0 Å². The molecule has 3 amide bonds. The molecule has 1 saturated carbocycles. The van der Waals surface area contributed by atoms with E-state index >= 15 is 0 Å². The Morgan fingerprint density at radius 1 is 1.24 bits per heavy atom. The lowest BCUT2D eigenvalue weighted by Crippen LogP contribution is -2.46. The first-order valence-electron chi connectivity index (χ1n) is 8.45. The quantitative estimate of drug-likeness (QED) is 0.833. The van der Waals surface area contributed by atoms with E-state index in [2.05, 4.69) is 5.32 Å². The van der Waals surface area contributed by atoms with Gasteiger partial charge in [0.1, 0.15) is 11.8 Å². The van der Waals surface area contributed by atoms with E-state index in [-0.39, 0.29) is 23.7 Å². The summed E-state index contributed by atoms with van der Waals surface area (Å²) in [5.41, 5.74) is 0.485. The molecule has 1 aliphatic heterocycles. The Hall–Kier alpha value is -2.08. The molecule has 1 heterocycles. The van der Waals surface area contributed by atoms with Crippen LogP contribution in [0, 0.1) is 11.8 Å². The summed E-state index contributed by atoms with van der Waals surface area (Å²) in [6, 6.07) is 4.01. The molecule has 1 aromatic rings. The average molecular weight is 365 g/mol. The van der Waals surface area contributed by atoms with Crippen molar-refractivity contribution < 1.29 is 19.1 Å². The number of methoxy groups -OCH3 is 1. The van der Waals surface area contributed by atoms with Crippen LogP contribution >= 0.6 is 11.6 Å². The largest absolute Gasteiger partial charge is 0.495 e. The molecule has 1 N–H and O–H groups in total. The maximum Gasteiger partial charge on any atom is 0.247 e. The van der Waals surface area contributed by atoms with Crippen LogP contribution in [0.5, 0.6) is 5.75 Å². The average Bonchev–Trinajstić information content (AvgIpc) is 2.86. The van der Waals surface area contributed by atoms with E-state index in [9.17, 15) is 14.4 Å². The van der Waals surface area contributed by atoms with Crippen molar-refractivity contribution in [2.45, 2.75) is 38.6 Å². The van der Waals surface area contributed by atoms with E-state index in [1.807, 2.05) is 0 Å². The minimum absolute atomic E-state index is 0.217. The minimum atomic E-state index is -0.855. The van der Waals surface area contributed by atoms with E-state index in [0.29, 0.717) is 16.5 Å². The van der Waals surface area contributed by atoms with Gasteiger partial charge in [0.05, 0.1) is 24.0 Å². The highest BCUT2D eigenvalue weighted by atomic mass is 35.5. The molecular formula is C18H21ClN2O4. The Bertz CT molecular complexity index is 697. The van der Waals surface area contributed by atoms with Crippen molar-refractivity contribution in [3.8, 4) is 5.75 Å². The van der Waals surface area contributed by atoms with Crippen LogP contribution in [0.15, 0.2) is 18.2 Å². The summed E-state index contributed by atoms with van der Waals surface area (Å²) in [6.45, 7) is 1.58. The van der Waals surface area contributed by atoms with Crippen LogP contribution in [-0.4, -0.2) is 35.8 Å². The molecule has 0 radical (unpaired) electrons. The molecule has 0 aromatic heterocycles. The van der Waals surface area contributed by atoms with Gasteiger partial charge in [0.2, 0.25) is 17.7 Å². The zero-order valence-electron chi connectivity index (χ0n) is 14.3. The Balaban J connectivity index is 1.73. The van der Waals surface area contributed by atoms with Gasteiger partial charge >= 0.3 is 0 Å². The van der Waals surface area contributed by atoms with E-state index in [1.54, 1.807) is 25.1 Å². The van der Waals surface area contributed by atoms with Crippen LogP contribution in [0.4, 0.5) is 5.69 Å². The first-order chi connectivity index (χ1) is 11.9. The Morgan fingerprint density at radius 2 is 1.84 bits per heavy atom. The zero-order chi connectivity index (χ0) is 18.1. The van der Waals surface area contributed by atoms with Crippen molar-refractivity contribution in [2.24, 2.45) is 11.8 Å². The van der Waals surface area contributed by atoms with E-state index in [1.165, 1.54) is 7.11 Å². The number of nitrogens with one attached hydrogen (secondary N) is 1. The lowest BCUT2D eigenvalue weighted by molar-refractivity contribution is -0.146. The molecule has 2 fully saturated rings. The number of anilines is 1. The molecular weight excluding hydrogens is 344 g/mol. The Labute approximate surface area is 151 Å². The smallest absolute Gasteiger partial charge is 0.247 e. The number of hydrogen-bond acceptors (Lipinski definition) is 4.